The van der Waals surface area contributed by atoms with Crippen molar-refractivity contribution < 1.29 is 14.3 Å². The number of urea groups is 1. The molecule has 1 aromatic carbocycles. The largest absolute Gasteiger partial charge is 0.508 e. The fourth-order valence-corrected chi connectivity index (χ4v) is 1.60. The first-order chi connectivity index (χ1) is 8.91. The summed E-state index contributed by atoms with van der Waals surface area (Å²) in [5.41, 5.74) is 0.499. The number of phenolic OH excluding ortho intramolecular Hbond substituents is 1. The highest BCUT2D eigenvalue weighted by Crippen LogP contribution is 2.24. The highest BCUT2D eigenvalue weighted by molar-refractivity contribution is 5.73. The Hall–Kier alpha value is -1.82. The van der Waals surface area contributed by atoms with Crippen LogP contribution >= 0.6 is 0 Å². The van der Waals surface area contributed by atoms with E-state index < -0.39 is 0 Å². The maximum atomic E-state index is 13.1. The second kappa shape index (κ2) is 6.94. The van der Waals surface area contributed by atoms with Crippen molar-refractivity contribution in [3.8, 4) is 5.75 Å². The van der Waals surface area contributed by atoms with E-state index in [2.05, 4.69) is 10.6 Å². The molecule has 1 unspecified atom stereocenters. The molecule has 1 atom stereocenters. The van der Waals surface area contributed by atoms with Crippen molar-refractivity contribution in [2.45, 2.75) is 13.0 Å². The van der Waals surface area contributed by atoms with Crippen LogP contribution in [-0.2, 0) is 0 Å². The van der Waals surface area contributed by atoms with Crippen molar-refractivity contribution in [3.05, 3.63) is 29.6 Å². The Bertz CT molecular complexity index is 438. The van der Waals surface area contributed by atoms with Crippen molar-refractivity contribution in [1.82, 2.24) is 15.5 Å². The minimum atomic E-state index is -0.387. The monoisotopic (exact) mass is 269 g/mol. The molecule has 0 radical (unpaired) electrons. The number of nitrogens with zero attached hydrogens (tertiary/aromatic N) is 1. The van der Waals surface area contributed by atoms with E-state index in [1.165, 1.54) is 23.1 Å². The smallest absolute Gasteiger partial charge is 0.316 e. The van der Waals surface area contributed by atoms with Crippen molar-refractivity contribution in [2.75, 3.05) is 27.2 Å². The number of hydrogen-bond acceptors (Lipinski definition) is 3. The van der Waals surface area contributed by atoms with E-state index >= 15 is 0 Å². The molecular weight excluding hydrogens is 249 g/mol. The van der Waals surface area contributed by atoms with E-state index in [1.54, 1.807) is 14.1 Å². The highest BCUT2D eigenvalue weighted by Gasteiger charge is 2.11. The van der Waals surface area contributed by atoms with Gasteiger partial charge in [-0.05, 0) is 25.1 Å². The molecule has 3 N–H and O–H groups in total. The van der Waals surface area contributed by atoms with Crippen LogP contribution in [0, 0.1) is 5.82 Å². The molecule has 106 valence electrons. The Labute approximate surface area is 112 Å². The SMILES string of the molecule is CC(NCCNC(=O)N(C)C)c1cc(F)ccc1O. The molecule has 5 nitrogen and oxygen atoms in total. The van der Waals surface area contributed by atoms with Gasteiger partial charge in [0.25, 0.3) is 0 Å². The van der Waals surface area contributed by atoms with Crippen LogP contribution in [0.2, 0.25) is 0 Å². The lowest BCUT2D eigenvalue weighted by Crippen LogP contribution is -2.38. The number of carbonyl (C=O) groups is 1. The van der Waals surface area contributed by atoms with Crippen LogP contribution in [0.25, 0.3) is 0 Å². The molecule has 0 saturated heterocycles. The van der Waals surface area contributed by atoms with Gasteiger partial charge < -0.3 is 20.6 Å². The van der Waals surface area contributed by atoms with Crippen LogP contribution < -0.4 is 10.6 Å². The zero-order chi connectivity index (χ0) is 14.4. The van der Waals surface area contributed by atoms with Gasteiger partial charge in [0.2, 0.25) is 0 Å². The first kappa shape index (κ1) is 15.2. The molecule has 0 bridgehead atoms. The van der Waals surface area contributed by atoms with Crippen molar-refractivity contribution >= 4 is 6.03 Å². The maximum absolute atomic E-state index is 13.1. The molecule has 1 rings (SSSR count). The summed E-state index contributed by atoms with van der Waals surface area (Å²) < 4.78 is 13.1. The van der Waals surface area contributed by atoms with Crippen molar-refractivity contribution in [3.63, 3.8) is 0 Å². The van der Waals surface area contributed by atoms with Crippen LogP contribution in [0.15, 0.2) is 18.2 Å². The molecule has 0 fully saturated rings. The van der Waals surface area contributed by atoms with Gasteiger partial charge in [0.05, 0.1) is 0 Å². The van der Waals surface area contributed by atoms with Gasteiger partial charge in [-0.1, -0.05) is 0 Å². The van der Waals surface area contributed by atoms with Crippen LogP contribution in [0.5, 0.6) is 5.75 Å². The quantitative estimate of drug-likeness (QED) is 0.709. The average molecular weight is 269 g/mol. The van der Waals surface area contributed by atoms with E-state index in [0.717, 1.165) is 0 Å². The van der Waals surface area contributed by atoms with Gasteiger partial charge in [-0.15, -0.1) is 0 Å². The van der Waals surface area contributed by atoms with E-state index in [0.29, 0.717) is 18.7 Å². The van der Waals surface area contributed by atoms with E-state index in [1.807, 2.05) is 6.92 Å². The zero-order valence-corrected chi connectivity index (χ0v) is 11.4. The van der Waals surface area contributed by atoms with E-state index in [-0.39, 0.29) is 23.6 Å². The summed E-state index contributed by atoms with van der Waals surface area (Å²) in [6.45, 7) is 2.80. The molecule has 19 heavy (non-hydrogen) atoms. The van der Waals surface area contributed by atoms with E-state index in [4.69, 9.17) is 0 Å². The predicted molar refractivity (Wildman–Crippen MR) is 71.6 cm³/mol. The Morgan fingerprint density at radius 3 is 2.74 bits per heavy atom. The average Bonchev–Trinajstić information content (AvgIpc) is 2.36. The number of benzene rings is 1. The molecule has 2 amide bonds. The third-order valence-corrected chi connectivity index (χ3v) is 2.71. The first-order valence-corrected chi connectivity index (χ1v) is 6.08. The highest BCUT2D eigenvalue weighted by atomic mass is 19.1. The number of amides is 2. The molecular formula is C13H20FN3O2. The number of nitrogens with one attached hydrogen (secondary N) is 2. The molecule has 0 aliphatic heterocycles. The lowest BCUT2D eigenvalue weighted by Gasteiger charge is -2.17. The van der Waals surface area contributed by atoms with Gasteiger partial charge in [-0.3, -0.25) is 0 Å². The van der Waals surface area contributed by atoms with Crippen LogP contribution in [0.4, 0.5) is 9.18 Å². The number of aromatic hydroxyl groups is 1. The summed E-state index contributed by atoms with van der Waals surface area (Å²) in [5, 5.41) is 15.4. The summed E-state index contributed by atoms with van der Waals surface area (Å²) in [7, 11) is 3.33. The number of phenols is 1. The summed E-state index contributed by atoms with van der Waals surface area (Å²) in [5.74, 6) is -0.332. The summed E-state index contributed by atoms with van der Waals surface area (Å²) in [4.78, 5) is 12.7. The Morgan fingerprint density at radius 2 is 2.11 bits per heavy atom. The number of carbonyl (C=O) groups excluding carboxylic acids is 1. The van der Waals surface area contributed by atoms with Crippen LogP contribution in [0.3, 0.4) is 0 Å². The zero-order valence-electron chi connectivity index (χ0n) is 11.4. The fraction of sp³-hybridized carbons (Fsp3) is 0.462. The lowest BCUT2D eigenvalue weighted by atomic mass is 10.1. The van der Waals surface area contributed by atoms with E-state index in [9.17, 15) is 14.3 Å². The molecule has 6 heteroatoms. The van der Waals surface area contributed by atoms with Gasteiger partial charge in [0.1, 0.15) is 11.6 Å². The Morgan fingerprint density at radius 1 is 1.42 bits per heavy atom. The number of hydrogen-bond donors (Lipinski definition) is 3. The minimum absolute atomic E-state index is 0.0544. The molecule has 0 aliphatic rings. The Balaban J connectivity index is 2.41. The number of rotatable bonds is 5. The topological polar surface area (TPSA) is 64.6 Å². The predicted octanol–water partition coefficient (Wildman–Crippen LogP) is 1.45. The normalized spacial score (nSPS) is 12.0. The second-order valence-corrected chi connectivity index (χ2v) is 4.51. The van der Waals surface area contributed by atoms with Crippen LogP contribution in [-0.4, -0.2) is 43.2 Å². The van der Waals surface area contributed by atoms with Gasteiger partial charge in [0.15, 0.2) is 0 Å². The maximum Gasteiger partial charge on any atom is 0.316 e. The fourth-order valence-electron chi connectivity index (χ4n) is 1.60. The Kier molecular flexibility index (Phi) is 5.57. The van der Waals surface area contributed by atoms with Crippen molar-refractivity contribution in [1.29, 1.82) is 0 Å². The summed E-state index contributed by atoms with van der Waals surface area (Å²) in [6, 6.07) is 3.47. The molecule has 0 aromatic heterocycles. The molecule has 0 spiro atoms. The van der Waals surface area contributed by atoms with Crippen LogP contribution in [0.1, 0.15) is 18.5 Å². The molecule has 0 heterocycles. The van der Waals surface area contributed by atoms with Gasteiger partial charge in [0, 0.05) is 38.8 Å². The van der Waals surface area contributed by atoms with Gasteiger partial charge in [-0.2, -0.15) is 0 Å². The second-order valence-electron chi connectivity index (χ2n) is 4.51. The summed E-state index contributed by atoms with van der Waals surface area (Å²) in [6.07, 6.45) is 0. The summed E-state index contributed by atoms with van der Waals surface area (Å²) >= 11 is 0. The van der Waals surface area contributed by atoms with Gasteiger partial charge >= 0.3 is 6.03 Å². The van der Waals surface area contributed by atoms with Gasteiger partial charge in [-0.25, -0.2) is 9.18 Å². The first-order valence-electron chi connectivity index (χ1n) is 6.08. The lowest BCUT2D eigenvalue weighted by molar-refractivity contribution is 0.217. The third-order valence-electron chi connectivity index (χ3n) is 2.71. The number of halogens is 1. The minimum Gasteiger partial charge on any atom is -0.508 e. The standard InChI is InChI=1S/C13H20FN3O2/c1-9(11-8-10(14)4-5-12(11)18)15-6-7-16-13(19)17(2)3/h4-5,8-9,15,18H,6-7H2,1-3H3,(H,16,19). The van der Waals surface area contributed by atoms with Crippen molar-refractivity contribution in [2.24, 2.45) is 0 Å². The molecule has 0 aliphatic carbocycles. The third kappa shape index (κ3) is 4.75. The molecule has 1 aromatic rings. The molecule has 0 saturated carbocycles.